The molecule has 186 valence electrons. The molecule has 0 atom stereocenters. The van der Waals surface area contributed by atoms with Crippen LogP contribution in [0.4, 0.5) is 11.4 Å². The fourth-order valence-electron chi connectivity index (χ4n) is 3.89. The van der Waals surface area contributed by atoms with Gasteiger partial charge in [-0.3, -0.25) is 4.79 Å². The molecule has 0 bridgehead atoms. The topological polar surface area (TPSA) is 47.6 Å². The highest BCUT2D eigenvalue weighted by molar-refractivity contribution is 7.99. The largest absolute Gasteiger partial charge is 0.496 e. The molecule has 1 heterocycles. The molecule has 0 saturated carbocycles. The molecule has 4 aromatic carbocycles. The summed E-state index contributed by atoms with van der Waals surface area (Å²) >= 11 is 20.1. The van der Waals surface area contributed by atoms with Crippen molar-refractivity contribution in [2.24, 2.45) is 0 Å². The number of nitrogens with one attached hydrogen (secondary N) is 1. The molecule has 1 aliphatic rings. The lowest BCUT2D eigenvalue weighted by Crippen LogP contribution is -2.02. The first kappa shape index (κ1) is 25.6. The van der Waals surface area contributed by atoms with E-state index in [-0.39, 0.29) is 12.4 Å². The Morgan fingerprint density at radius 2 is 1.68 bits per heavy atom. The maximum Gasteiger partial charge on any atom is 0.185 e. The van der Waals surface area contributed by atoms with Gasteiger partial charge in [0.25, 0.3) is 0 Å². The van der Waals surface area contributed by atoms with E-state index in [0.717, 1.165) is 32.3 Å². The van der Waals surface area contributed by atoms with E-state index in [1.807, 2.05) is 54.6 Å². The van der Waals surface area contributed by atoms with Crippen molar-refractivity contribution in [3.8, 4) is 11.5 Å². The molecule has 0 fully saturated rings. The summed E-state index contributed by atoms with van der Waals surface area (Å²) in [7, 11) is 1.58. The molecular formula is C29H20Cl3NO3S. The number of ether oxygens (including phenoxy) is 2. The minimum absolute atomic E-state index is 0.0956. The van der Waals surface area contributed by atoms with E-state index < -0.39 is 0 Å². The van der Waals surface area contributed by atoms with Crippen molar-refractivity contribution < 1.29 is 14.3 Å². The van der Waals surface area contributed by atoms with Crippen LogP contribution in [0.3, 0.4) is 0 Å². The van der Waals surface area contributed by atoms with Crippen molar-refractivity contribution in [3.63, 3.8) is 0 Å². The number of halogens is 3. The summed E-state index contributed by atoms with van der Waals surface area (Å²) in [6.45, 7) is 0.162. The second-order valence-corrected chi connectivity index (χ2v) is 10.5. The van der Waals surface area contributed by atoms with Gasteiger partial charge in [-0.05, 0) is 66.2 Å². The molecular weight excluding hydrogens is 549 g/mol. The summed E-state index contributed by atoms with van der Waals surface area (Å²) in [6, 6.07) is 22.5. The summed E-state index contributed by atoms with van der Waals surface area (Å²) in [5, 5.41) is 4.48. The molecule has 0 radical (unpaired) electrons. The minimum Gasteiger partial charge on any atom is -0.496 e. The van der Waals surface area contributed by atoms with Gasteiger partial charge < -0.3 is 14.8 Å². The predicted octanol–water partition coefficient (Wildman–Crippen LogP) is 9.34. The second-order valence-electron chi connectivity index (χ2n) is 8.19. The number of allylic oxidation sites excluding steroid dienone is 1. The van der Waals surface area contributed by atoms with Crippen molar-refractivity contribution >= 4 is 69.8 Å². The highest BCUT2D eigenvalue weighted by Crippen LogP contribution is 2.44. The Morgan fingerprint density at radius 1 is 0.919 bits per heavy atom. The zero-order chi connectivity index (χ0) is 25.9. The lowest BCUT2D eigenvalue weighted by atomic mass is 10.1. The van der Waals surface area contributed by atoms with Gasteiger partial charge in [0.05, 0.1) is 28.5 Å². The third-order valence-electron chi connectivity index (χ3n) is 5.71. The minimum atomic E-state index is -0.0956. The molecule has 5 rings (SSSR count). The second kappa shape index (κ2) is 11.1. The van der Waals surface area contributed by atoms with Crippen molar-refractivity contribution in [1.29, 1.82) is 0 Å². The van der Waals surface area contributed by atoms with Crippen molar-refractivity contribution in [2.45, 2.75) is 16.4 Å². The molecule has 0 aromatic heterocycles. The van der Waals surface area contributed by atoms with Gasteiger partial charge in [-0.1, -0.05) is 70.8 Å². The Morgan fingerprint density at radius 3 is 2.46 bits per heavy atom. The SMILES string of the molecule is COc1ccc(/C=C/C(=O)c2ccc3c(c2)Nc2ccccc2S3)cc1COc1c(Cl)cc(Cl)cc1Cl. The molecule has 1 N–H and O–H groups in total. The van der Waals surface area contributed by atoms with Gasteiger partial charge in [-0.25, -0.2) is 0 Å². The first-order valence-electron chi connectivity index (χ1n) is 11.3. The number of para-hydroxylation sites is 1. The molecule has 0 spiro atoms. The number of hydrogen-bond donors (Lipinski definition) is 1. The lowest BCUT2D eigenvalue weighted by molar-refractivity contribution is 0.104. The van der Waals surface area contributed by atoms with Crippen LogP contribution in [0.15, 0.2) is 88.7 Å². The number of anilines is 2. The summed E-state index contributed by atoms with van der Waals surface area (Å²) in [6.07, 6.45) is 3.33. The van der Waals surface area contributed by atoms with Gasteiger partial charge in [0.2, 0.25) is 0 Å². The summed E-state index contributed by atoms with van der Waals surface area (Å²) in [5.74, 6) is 0.887. The third kappa shape index (κ3) is 5.76. The molecule has 4 aromatic rings. The molecule has 37 heavy (non-hydrogen) atoms. The van der Waals surface area contributed by atoms with Crippen molar-refractivity contribution in [1.82, 2.24) is 0 Å². The first-order valence-corrected chi connectivity index (χ1v) is 13.2. The lowest BCUT2D eigenvalue weighted by Gasteiger charge is -2.20. The number of fused-ring (bicyclic) bond motifs is 2. The Labute approximate surface area is 234 Å². The fraction of sp³-hybridized carbons (Fsp3) is 0.0690. The van der Waals surface area contributed by atoms with Gasteiger partial charge >= 0.3 is 0 Å². The number of rotatable bonds is 7. The van der Waals surface area contributed by atoms with Crippen molar-refractivity contribution in [2.75, 3.05) is 12.4 Å². The van der Waals surface area contributed by atoms with Crippen LogP contribution in [0.1, 0.15) is 21.5 Å². The van der Waals surface area contributed by atoms with E-state index >= 15 is 0 Å². The van der Waals surface area contributed by atoms with Crippen LogP contribution < -0.4 is 14.8 Å². The summed E-state index contributed by atoms with van der Waals surface area (Å²) < 4.78 is 11.4. The summed E-state index contributed by atoms with van der Waals surface area (Å²) in [5.41, 5.74) is 4.15. The fourth-order valence-corrected chi connectivity index (χ4v) is 5.79. The molecule has 0 unspecified atom stereocenters. The van der Waals surface area contributed by atoms with Crippen molar-refractivity contribution in [3.05, 3.63) is 111 Å². The molecule has 8 heteroatoms. The third-order valence-corrected chi connectivity index (χ3v) is 7.64. The molecule has 0 aliphatic carbocycles. The molecule has 4 nitrogen and oxygen atoms in total. The van der Waals surface area contributed by atoms with E-state index in [0.29, 0.717) is 32.1 Å². The number of carbonyl (C=O) groups excluding carboxylic acids is 1. The molecule has 0 amide bonds. The van der Waals surface area contributed by atoms with Crippen LogP contribution in [0.5, 0.6) is 11.5 Å². The van der Waals surface area contributed by atoms with Crippen LogP contribution in [0.2, 0.25) is 15.1 Å². The van der Waals surface area contributed by atoms with Crippen LogP contribution in [0, 0.1) is 0 Å². The maximum absolute atomic E-state index is 13.0. The number of benzene rings is 4. The van der Waals surface area contributed by atoms with Gasteiger partial charge in [-0.2, -0.15) is 0 Å². The van der Waals surface area contributed by atoms with E-state index in [1.165, 1.54) is 0 Å². The highest BCUT2D eigenvalue weighted by atomic mass is 35.5. The van der Waals surface area contributed by atoms with Crippen LogP contribution >= 0.6 is 46.6 Å². The zero-order valence-electron chi connectivity index (χ0n) is 19.6. The smallest absolute Gasteiger partial charge is 0.185 e. The summed E-state index contributed by atoms with van der Waals surface area (Å²) in [4.78, 5) is 15.2. The van der Waals surface area contributed by atoms with Gasteiger partial charge in [0.1, 0.15) is 12.4 Å². The Bertz CT molecular complexity index is 1510. The van der Waals surface area contributed by atoms with Gasteiger partial charge in [-0.15, -0.1) is 0 Å². The molecule has 1 aliphatic heterocycles. The van der Waals surface area contributed by atoms with E-state index in [4.69, 9.17) is 44.3 Å². The van der Waals surface area contributed by atoms with Crippen LogP contribution in [0.25, 0.3) is 6.08 Å². The van der Waals surface area contributed by atoms with Gasteiger partial charge in [0.15, 0.2) is 11.5 Å². The quantitative estimate of drug-likeness (QED) is 0.157. The predicted molar refractivity (Wildman–Crippen MR) is 152 cm³/mol. The average Bonchev–Trinajstić information content (AvgIpc) is 2.89. The average molecular weight is 569 g/mol. The van der Waals surface area contributed by atoms with E-state index in [1.54, 1.807) is 43.2 Å². The zero-order valence-corrected chi connectivity index (χ0v) is 22.6. The molecule has 0 saturated heterocycles. The Kier molecular flexibility index (Phi) is 7.68. The van der Waals surface area contributed by atoms with Crippen LogP contribution in [-0.4, -0.2) is 12.9 Å². The number of ketones is 1. The number of hydrogen-bond acceptors (Lipinski definition) is 5. The maximum atomic E-state index is 13.0. The van der Waals surface area contributed by atoms with Gasteiger partial charge in [0, 0.05) is 25.9 Å². The highest BCUT2D eigenvalue weighted by Gasteiger charge is 2.17. The normalized spacial score (nSPS) is 12.0. The van der Waals surface area contributed by atoms with E-state index in [9.17, 15) is 4.79 Å². The Balaban J connectivity index is 1.32. The Hall–Kier alpha value is -3.09. The standard InChI is InChI=1S/C29H20Cl3NO3S/c1-35-26-10-7-17(12-19(26)16-36-29-21(31)14-20(30)15-22(29)32)6-9-25(34)18-8-11-28-24(13-18)33-23-4-2-3-5-27(23)37-28/h2-15,33H,16H2,1H3/b9-6+. The van der Waals surface area contributed by atoms with Crippen LogP contribution in [-0.2, 0) is 6.61 Å². The van der Waals surface area contributed by atoms with E-state index in [2.05, 4.69) is 11.4 Å². The number of carbonyl (C=O) groups is 1. The first-order chi connectivity index (χ1) is 17.9. The number of methoxy groups -OCH3 is 1. The monoisotopic (exact) mass is 567 g/mol.